The molecule has 0 amide bonds. The predicted molar refractivity (Wildman–Crippen MR) is 67.8 cm³/mol. The van der Waals surface area contributed by atoms with E-state index >= 15 is 0 Å². The monoisotopic (exact) mass is 281 g/mol. The zero-order valence-electron chi connectivity index (χ0n) is 9.70. The highest BCUT2D eigenvalue weighted by molar-refractivity contribution is 7.92. The number of nitrogens with one attached hydrogen (secondary N) is 2. The molecule has 0 radical (unpaired) electrons. The molecule has 2 rings (SSSR count). The summed E-state index contributed by atoms with van der Waals surface area (Å²) in [6, 6.07) is 5.31. The van der Waals surface area contributed by atoms with E-state index in [4.69, 9.17) is 5.73 Å². The maximum absolute atomic E-state index is 12.1. The third-order valence-corrected chi connectivity index (χ3v) is 3.68. The van der Waals surface area contributed by atoms with Crippen LogP contribution in [0, 0.1) is 0 Å². The summed E-state index contributed by atoms with van der Waals surface area (Å²) >= 11 is 0. The van der Waals surface area contributed by atoms with Gasteiger partial charge >= 0.3 is 0 Å². The first-order chi connectivity index (χ1) is 9.03. The summed E-state index contributed by atoms with van der Waals surface area (Å²) < 4.78 is 26.5. The maximum atomic E-state index is 12.1. The summed E-state index contributed by atoms with van der Waals surface area (Å²) in [6.45, 7) is -0.00383. The maximum Gasteiger partial charge on any atom is 0.264 e. The van der Waals surface area contributed by atoms with Gasteiger partial charge in [-0.05, 0) is 18.2 Å². The summed E-state index contributed by atoms with van der Waals surface area (Å²) in [6.07, 6.45) is 1.46. The predicted octanol–water partition coefficient (Wildman–Crippen LogP) is -0.576. The fraction of sp³-hybridized carbons (Fsp3) is 0.100. The molecule has 9 heteroatoms. The van der Waals surface area contributed by atoms with Crippen molar-refractivity contribution in [3.63, 3.8) is 0 Å². The second-order valence-electron chi connectivity index (χ2n) is 3.56. The standard InChI is InChI=1S/C10H11N5O3S/c11-6-7-8(2-1-5-12-7)19(17,18)15-9-3-4-10(16)14-13-9/h1-5H,6,11H2,(H,13,15)(H,14,16). The lowest BCUT2D eigenvalue weighted by Crippen LogP contribution is -2.19. The van der Waals surface area contributed by atoms with Crippen LogP contribution < -0.4 is 16.0 Å². The Morgan fingerprint density at radius 1 is 1.32 bits per heavy atom. The van der Waals surface area contributed by atoms with Crippen LogP contribution in [-0.4, -0.2) is 23.6 Å². The van der Waals surface area contributed by atoms with Crippen molar-refractivity contribution in [1.82, 2.24) is 15.2 Å². The van der Waals surface area contributed by atoms with Gasteiger partial charge in [0.2, 0.25) is 0 Å². The van der Waals surface area contributed by atoms with Gasteiger partial charge in [0, 0.05) is 18.8 Å². The van der Waals surface area contributed by atoms with E-state index in [1.165, 1.54) is 24.4 Å². The second kappa shape index (κ2) is 5.16. The second-order valence-corrected chi connectivity index (χ2v) is 5.22. The number of aromatic amines is 1. The van der Waals surface area contributed by atoms with Crippen molar-refractivity contribution in [2.75, 3.05) is 4.72 Å². The number of H-pyrrole nitrogens is 1. The van der Waals surface area contributed by atoms with Gasteiger partial charge in [0.25, 0.3) is 15.6 Å². The van der Waals surface area contributed by atoms with Gasteiger partial charge in [-0.1, -0.05) is 0 Å². The van der Waals surface area contributed by atoms with Gasteiger partial charge in [-0.2, -0.15) is 5.10 Å². The van der Waals surface area contributed by atoms with Crippen molar-refractivity contribution in [2.24, 2.45) is 5.73 Å². The molecule has 0 bridgehead atoms. The topological polar surface area (TPSA) is 131 Å². The largest absolute Gasteiger partial charge is 0.325 e. The number of nitrogens with zero attached hydrogens (tertiary/aromatic N) is 2. The molecule has 0 saturated heterocycles. The van der Waals surface area contributed by atoms with Crippen LogP contribution in [0.1, 0.15) is 5.69 Å². The molecule has 2 aromatic rings. The molecule has 0 atom stereocenters. The summed E-state index contributed by atoms with van der Waals surface area (Å²) in [5.74, 6) is 0.00595. The van der Waals surface area contributed by atoms with Crippen molar-refractivity contribution in [3.8, 4) is 0 Å². The first kappa shape index (κ1) is 13.2. The fourth-order valence-corrected chi connectivity index (χ4v) is 2.62. The Labute approximate surface area is 108 Å². The molecule has 2 aromatic heterocycles. The summed E-state index contributed by atoms with van der Waals surface area (Å²) in [5, 5.41) is 5.69. The molecule has 0 aliphatic heterocycles. The van der Waals surface area contributed by atoms with Crippen LogP contribution in [0.4, 0.5) is 5.82 Å². The zero-order valence-corrected chi connectivity index (χ0v) is 10.5. The van der Waals surface area contributed by atoms with Crippen molar-refractivity contribution in [3.05, 3.63) is 46.5 Å². The molecule has 0 saturated carbocycles. The Bertz CT molecular complexity index is 720. The summed E-state index contributed by atoms with van der Waals surface area (Å²) in [5.41, 5.74) is 5.27. The van der Waals surface area contributed by atoms with E-state index in [0.29, 0.717) is 0 Å². The van der Waals surface area contributed by atoms with Crippen LogP contribution >= 0.6 is 0 Å². The lowest BCUT2D eigenvalue weighted by atomic mass is 10.3. The van der Waals surface area contributed by atoms with E-state index in [9.17, 15) is 13.2 Å². The molecule has 0 unspecified atom stereocenters. The first-order valence-corrected chi connectivity index (χ1v) is 6.74. The van der Waals surface area contributed by atoms with E-state index in [0.717, 1.165) is 6.07 Å². The van der Waals surface area contributed by atoms with Crippen LogP contribution in [0.3, 0.4) is 0 Å². The first-order valence-electron chi connectivity index (χ1n) is 5.25. The van der Waals surface area contributed by atoms with Gasteiger partial charge in [0.1, 0.15) is 4.90 Å². The molecule has 0 spiro atoms. The van der Waals surface area contributed by atoms with Crippen molar-refractivity contribution in [1.29, 1.82) is 0 Å². The smallest absolute Gasteiger partial charge is 0.264 e. The molecule has 100 valence electrons. The number of pyridine rings is 1. The highest BCUT2D eigenvalue weighted by Gasteiger charge is 2.19. The fourth-order valence-electron chi connectivity index (χ4n) is 1.42. The van der Waals surface area contributed by atoms with E-state index in [1.807, 2.05) is 0 Å². The third-order valence-electron chi connectivity index (χ3n) is 2.25. The molecule has 19 heavy (non-hydrogen) atoms. The number of sulfonamides is 1. The van der Waals surface area contributed by atoms with Gasteiger partial charge in [0.15, 0.2) is 5.82 Å². The average molecular weight is 281 g/mol. The van der Waals surface area contributed by atoms with Crippen LogP contribution in [0.2, 0.25) is 0 Å². The van der Waals surface area contributed by atoms with Crippen LogP contribution in [-0.2, 0) is 16.6 Å². The Balaban J connectivity index is 2.37. The van der Waals surface area contributed by atoms with Crippen molar-refractivity contribution < 1.29 is 8.42 Å². The molecule has 2 heterocycles. The Hall–Kier alpha value is -2.26. The minimum Gasteiger partial charge on any atom is -0.325 e. The van der Waals surface area contributed by atoms with Gasteiger partial charge in [-0.15, -0.1) is 0 Å². The SMILES string of the molecule is NCc1ncccc1S(=O)(=O)Nc1ccc(=O)[nH]n1. The lowest BCUT2D eigenvalue weighted by molar-refractivity contribution is 0.599. The average Bonchev–Trinajstić information content (AvgIpc) is 2.41. The van der Waals surface area contributed by atoms with Gasteiger partial charge in [-0.25, -0.2) is 13.5 Å². The number of aromatic nitrogens is 3. The minimum atomic E-state index is -3.85. The van der Waals surface area contributed by atoms with Gasteiger partial charge < -0.3 is 5.73 Å². The summed E-state index contributed by atoms with van der Waals surface area (Å²) in [7, 11) is -3.85. The van der Waals surface area contributed by atoms with Crippen molar-refractivity contribution in [2.45, 2.75) is 11.4 Å². The Morgan fingerprint density at radius 3 is 2.74 bits per heavy atom. The van der Waals surface area contributed by atoms with Crippen molar-refractivity contribution >= 4 is 15.8 Å². The third kappa shape index (κ3) is 2.95. The molecule has 0 fully saturated rings. The van der Waals surface area contributed by atoms with E-state index in [-0.39, 0.29) is 23.0 Å². The molecule has 0 aromatic carbocycles. The molecule has 0 aliphatic carbocycles. The highest BCUT2D eigenvalue weighted by atomic mass is 32.2. The number of rotatable bonds is 4. The zero-order chi connectivity index (χ0) is 13.9. The number of hydrogen-bond donors (Lipinski definition) is 3. The van der Waals surface area contributed by atoms with Crippen LogP contribution in [0.15, 0.2) is 40.2 Å². The van der Waals surface area contributed by atoms with E-state index in [1.54, 1.807) is 0 Å². The Morgan fingerprint density at radius 2 is 2.11 bits per heavy atom. The normalized spacial score (nSPS) is 11.2. The highest BCUT2D eigenvalue weighted by Crippen LogP contribution is 2.15. The minimum absolute atomic E-state index is 0.00383. The molecule has 8 nitrogen and oxygen atoms in total. The van der Waals surface area contributed by atoms with Gasteiger partial charge in [0.05, 0.1) is 5.69 Å². The quantitative estimate of drug-likeness (QED) is 0.687. The lowest BCUT2D eigenvalue weighted by Gasteiger charge is -2.09. The summed E-state index contributed by atoms with van der Waals surface area (Å²) in [4.78, 5) is 14.7. The molecular weight excluding hydrogens is 270 g/mol. The number of hydrogen-bond acceptors (Lipinski definition) is 6. The number of nitrogens with two attached hydrogens (primary N) is 1. The molecular formula is C10H11N5O3S. The molecule has 4 N–H and O–H groups in total. The molecule has 0 aliphatic rings. The van der Waals surface area contributed by atoms with E-state index < -0.39 is 15.6 Å². The van der Waals surface area contributed by atoms with Crippen LogP contribution in [0.5, 0.6) is 0 Å². The van der Waals surface area contributed by atoms with E-state index in [2.05, 4.69) is 19.9 Å². The van der Waals surface area contributed by atoms with Crippen LogP contribution in [0.25, 0.3) is 0 Å². The number of anilines is 1. The van der Waals surface area contributed by atoms with Gasteiger partial charge in [-0.3, -0.25) is 14.5 Å². The Kier molecular flexibility index (Phi) is 3.58.